The summed E-state index contributed by atoms with van der Waals surface area (Å²) >= 11 is 2.70. The Morgan fingerprint density at radius 3 is 2.86 bits per heavy atom. The van der Waals surface area contributed by atoms with Gasteiger partial charge in [0.05, 0.1) is 25.0 Å². The van der Waals surface area contributed by atoms with Crippen LogP contribution < -0.4 is 5.32 Å². The summed E-state index contributed by atoms with van der Waals surface area (Å²) in [7, 11) is 1.33. The zero-order valence-electron chi connectivity index (χ0n) is 11.2. The van der Waals surface area contributed by atoms with Gasteiger partial charge in [0.1, 0.15) is 0 Å². The normalized spacial score (nSPS) is 10.1. The number of thioether (sulfide) groups is 1. The zero-order chi connectivity index (χ0) is 15.1. The quantitative estimate of drug-likeness (QED) is 0.647. The van der Waals surface area contributed by atoms with Gasteiger partial charge in [-0.2, -0.15) is 0 Å². The Labute approximate surface area is 130 Å². The molecule has 0 aliphatic carbocycles. The average Bonchev–Trinajstić information content (AvgIpc) is 2.93. The van der Waals surface area contributed by atoms with E-state index in [1.54, 1.807) is 17.8 Å². The third-order valence-electron chi connectivity index (χ3n) is 2.37. The molecule has 0 fully saturated rings. The topological polar surface area (TPSA) is 81.2 Å². The number of aromatic nitrogens is 2. The molecule has 8 heteroatoms. The van der Waals surface area contributed by atoms with Crippen LogP contribution in [0.25, 0.3) is 0 Å². The number of hydrogen-bond acceptors (Lipinski definition) is 7. The second kappa shape index (κ2) is 7.75. The molecule has 0 unspecified atom stereocenters. The van der Waals surface area contributed by atoms with Crippen LogP contribution in [-0.2, 0) is 20.7 Å². The highest BCUT2D eigenvalue weighted by molar-refractivity contribution is 8.00. The van der Waals surface area contributed by atoms with Crippen LogP contribution >= 0.6 is 23.1 Å². The summed E-state index contributed by atoms with van der Waals surface area (Å²) in [5, 5.41) is 4.91. The highest BCUT2D eigenvalue weighted by Gasteiger charge is 2.10. The van der Waals surface area contributed by atoms with E-state index in [1.807, 2.05) is 12.1 Å². The molecule has 0 bridgehead atoms. The number of hydrogen-bond donors (Lipinski definition) is 1. The van der Waals surface area contributed by atoms with Crippen LogP contribution in [0.1, 0.15) is 5.69 Å². The Morgan fingerprint density at radius 2 is 2.14 bits per heavy atom. The van der Waals surface area contributed by atoms with Crippen molar-refractivity contribution in [1.29, 1.82) is 0 Å². The Hall–Kier alpha value is -1.93. The van der Waals surface area contributed by atoms with Crippen molar-refractivity contribution in [2.24, 2.45) is 0 Å². The van der Waals surface area contributed by atoms with Crippen LogP contribution in [0.3, 0.4) is 0 Å². The highest BCUT2D eigenvalue weighted by atomic mass is 32.2. The van der Waals surface area contributed by atoms with Crippen LogP contribution in [0, 0.1) is 0 Å². The number of pyridine rings is 1. The van der Waals surface area contributed by atoms with Crippen LogP contribution in [0.15, 0.2) is 34.8 Å². The minimum absolute atomic E-state index is 0.106. The van der Waals surface area contributed by atoms with E-state index in [1.165, 1.54) is 30.2 Å². The molecule has 2 aromatic rings. The van der Waals surface area contributed by atoms with E-state index in [0.29, 0.717) is 10.8 Å². The number of anilines is 1. The molecule has 2 aromatic heterocycles. The number of rotatable bonds is 6. The van der Waals surface area contributed by atoms with Crippen molar-refractivity contribution >= 4 is 40.1 Å². The first kappa shape index (κ1) is 15.5. The van der Waals surface area contributed by atoms with E-state index in [0.717, 1.165) is 4.90 Å². The van der Waals surface area contributed by atoms with Gasteiger partial charge in [-0.3, -0.25) is 14.6 Å². The maximum absolute atomic E-state index is 11.8. The molecule has 0 spiro atoms. The fourth-order valence-corrected chi connectivity index (χ4v) is 2.81. The molecule has 21 heavy (non-hydrogen) atoms. The second-order valence-corrected chi connectivity index (χ2v) is 5.82. The third-order valence-corrected chi connectivity index (χ3v) is 4.19. The number of ether oxygens (including phenoxy) is 1. The van der Waals surface area contributed by atoms with Gasteiger partial charge in [-0.1, -0.05) is 0 Å². The zero-order valence-corrected chi connectivity index (χ0v) is 12.9. The van der Waals surface area contributed by atoms with E-state index >= 15 is 0 Å². The number of carbonyl (C=O) groups excluding carboxylic acids is 2. The predicted molar refractivity (Wildman–Crippen MR) is 81.4 cm³/mol. The number of nitrogens with one attached hydrogen (secondary N) is 1. The molecule has 0 saturated heterocycles. The number of carbonyl (C=O) groups is 2. The Morgan fingerprint density at radius 1 is 1.38 bits per heavy atom. The maximum atomic E-state index is 11.8. The molecule has 0 aliphatic heterocycles. The van der Waals surface area contributed by atoms with E-state index in [2.05, 4.69) is 20.0 Å². The molecule has 0 radical (unpaired) electrons. The van der Waals surface area contributed by atoms with Crippen molar-refractivity contribution in [2.75, 3.05) is 18.2 Å². The van der Waals surface area contributed by atoms with Gasteiger partial charge in [0.15, 0.2) is 5.13 Å². The molecule has 0 saturated carbocycles. The van der Waals surface area contributed by atoms with Crippen LogP contribution in [-0.4, -0.2) is 34.7 Å². The monoisotopic (exact) mass is 323 g/mol. The van der Waals surface area contributed by atoms with Gasteiger partial charge in [0, 0.05) is 22.7 Å². The van der Waals surface area contributed by atoms with E-state index < -0.39 is 0 Å². The van der Waals surface area contributed by atoms with Crippen molar-refractivity contribution in [1.82, 2.24) is 9.97 Å². The molecular formula is C13H13N3O3S2. The van der Waals surface area contributed by atoms with Gasteiger partial charge in [0.25, 0.3) is 0 Å². The number of esters is 1. The summed E-state index contributed by atoms with van der Waals surface area (Å²) in [5.41, 5.74) is 0.587. The molecule has 0 atom stereocenters. The Balaban J connectivity index is 1.81. The maximum Gasteiger partial charge on any atom is 0.311 e. The largest absolute Gasteiger partial charge is 0.469 e. The molecule has 1 amide bonds. The lowest BCUT2D eigenvalue weighted by Crippen LogP contribution is -2.14. The predicted octanol–water partition coefficient (Wildman–Crippen LogP) is 1.98. The summed E-state index contributed by atoms with van der Waals surface area (Å²) < 4.78 is 4.56. The van der Waals surface area contributed by atoms with Crippen molar-refractivity contribution in [3.05, 3.63) is 35.6 Å². The number of thiazole rings is 1. The van der Waals surface area contributed by atoms with Crippen molar-refractivity contribution < 1.29 is 14.3 Å². The summed E-state index contributed by atoms with van der Waals surface area (Å²) in [4.78, 5) is 32.0. The lowest BCUT2D eigenvalue weighted by atomic mass is 10.3. The standard InChI is InChI=1S/C13H13N3O3S2/c1-19-12(18)6-9-7-21-13(15-9)16-11(17)8-20-10-2-4-14-5-3-10/h2-5,7H,6,8H2,1H3,(H,15,16,17). The van der Waals surface area contributed by atoms with Crippen molar-refractivity contribution in [3.8, 4) is 0 Å². The van der Waals surface area contributed by atoms with Gasteiger partial charge in [0.2, 0.25) is 5.91 Å². The Kier molecular flexibility index (Phi) is 5.70. The molecular weight excluding hydrogens is 310 g/mol. The van der Waals surface area contributed by atoms with Crippen molar-refractivity contribution in [3.63, 3.8) is 0 Å². The number of methoxy groups -OCH3 is 1. The van der Waals surface area contributed by atoms with Crippen molar-refractivity contribution in [2.45, 2.75) is 11.3 Å². The summed E-state index contributed by atoms with van der Waals surface area (Å²) in [6.07, 6.45) is 3.47. The minimum Gasteiger partial charge on any atom is -0.469 e. The van der Waals surface area contributed by atoms with Crippen LogP contribution in [0.2, 0.25) is 0 Å². The first-order valence-electron chi connectivity index (χ1n) is 6.01. The lowest BCUT2D eigenvalue weighted by molar-refractivity contribution is -0.139. The van der Waals surface area contributed by atoms with Crippen LogP contribution in [0.5, 0.6) is 0 Å². The first-order valence-corrected chi connectivity index (χ1v) is 7.88. The molecule has 0 aliphatic rings. The van der Waals surface area contributed by atoms with E-state index in [9.17, 15) is 9.59 Å². The fourth-order valence-electron chi connectivity index (χ4n) is 1.40. The van der Waals surface area contributed by atoms with Gasteiger partial charge in [-0.15, -0.1) is 23.1 Å². The lowest BCUT2D eigenvalue weighted by Gasteiger charge is -2.01. The highest BCUT2D eigenvalue weighted by Crippen LogP contribution is 2.19. The van der Waals surface area contributed by atoms with Gasteiger partial charge in [-0.25, -0.2) is 4.98 Å². The molecule has 110 valence electrons. The smallest absolute Gasteiger partial charge is 0.311 e. The Bertz CT molecular complexity index is 616. The van der Waals surface area contributed by atoms with Gasteiger partial charge < -0.3 is 10.1 Å². The van der Waals surface area contributed by atoms with Gasteiger partial charge in [-0.05, 0) is 12.1 Å². The van der Waals surface area contributed by atoms with E-state index in [4.69, 9.17) is 0 Å². The molecule has 2 rings (SSSR count). The van der Waals surface area contributed by atoms with Gasteiger partial charge >= 0.3 is 5.97 Å². The number of nitrogens with zero attached hydrogens (tertiary/aromatic N) is 2. The van der Waals surface area contributed by atoms with E-state index in [-0.39, 0.29) is 24.1 Å². The fraction of sp³-hybridized carbons (Fsp3) is 0.231. The molecule has 2 heterocycles. The molecule has 0 aromatic carbocycles. The number of amides is 1. The SMILES string of the molecule is COC(=O)Cc1csc(NC(=O)CSc2ccncc2)n1. The summed E-state index contributed by atoms with van der Waals surface area (Å²) in [6, 6.07) is 3.69. The molecule has 6 nitrogen and oxygen atoms in total. The summed E-state index contributed by atoms with van der Waals surface area (Å²) in [6.45, 7) is 0. The first-order chi connectivity index (χ1) is 10.2. The summed E-state index contributed by atoms with van der Waals surface area (Å²) in [5.74, 6) is -0.210. The molecule has 1 N–H and O–H groups in total. The average molecular weight is 323 g/mol. The third kappa shape index (κ3) is 5.16. The van der Waals surface area contributed by atoms with Crippen LogP contribution in [0.4, 0.5) is 5.13 Å². The second-order valence-electron chi connectivity index (χ2n) is 3.92. The minimum atomic E-state index is -0.355.